The van der Waals surface area contributed by atoms with E-state index in [1.807, 2.05) is 26.8 Å². The van der Waals surface area contributed by atoms with E-state index in [0.29, 0.717) is 0 Å². The standard InChI is InChI=1S/C17H25N3O2/c1-17(2,3)22-16(21)20(12-8-9-12)15-13(6-4-11-19-15)14-7-5-10-18-14/h4,6,11-12,14,18H,5,7-10H2,1-3H3. The molecule has 1 saturated heterocycles. The molecular weight excluding hydrogens is 278 g/mol. The van der Waals surface area contributed by atoms with Crippen LogP contribution in [0.2, 0.25) is 0 Å². The predicted molar refractivity (Wildman–Crippen MR) is 85.9 cm³/mol. The number of carbonyl (C=O) groups excluding carboxylic acids is 1. The molecule has 5 nitrogen and oxygen atoms in total. The normalized spacial score (nSPS) is 21.7. The quantitative estimate of drug-likeness (QED) is 0.929. The van der Waals surface area contributed by atoms with Crippen molar-refractivity contribution in [2.75, 3.05) is 11.4 Å². The van der Waals surface area contributed by atoms with E-state index in [9.17, 15) is 4.79 Å². The lowest BCUT2D eigenvalue weighted by Gasteiger charge is -2.29. The van der Waals surface area contributed by atoms with Gasteiger partial charge in [0.2, 0.25) is 0 Å². The summed E-state index contributed by atoms with van der Waals surface area (Å²) in [5.41, 5.74) is 0.614. The molecule has 1 amide bonds. The minimum Gasteiger partial charge on any atom is -0.443 e. The average molecular weight is 303 g/mol. The van der Waals surface area contributed by atoms with E-state index < -0.39 is 5.60 Å². The first-order valence-electron chi connectivity index (χ1n) is 8.16. The Kier molecular flexibility index (Phi) is 4.08. The fourth-order valence-electron chi connectivity index (χ4n) is 2.88. The van der Waals surface area contributed by atoms with Crippen LogP contribution >= 0.6 is 0 Å². The number of amides is 1. The first-order chi connectivity index (χ1) is 10.5. The van der Waals surface area contributed by atoms with Crippen LogP contribution in [-0.4, -0.2) is 29.3 Å². The largest absolute Gasteiger partial charge is 0.443 e. The van der Waals surface area contributed by atoms with Crippen LogP contribution in [0.25, 0.3) is 0 Å². The zero-order chi connectivity index (χ0) is 15.7. The Balaban J connectivity index is 1.90. The van der Waals surface area contributed by atoms with Gasteiger partial charge in [-0.15, -0.1) is 0 Å². The minimum atomic E-state index is -0.495. The highest BCUT2D eigenvalue weighted by Gasteiger charge is 2.39. The molecule has 0 radical (unpaired) electrons. The summed E-state index contributed by atoms with van der Waals surface area (Å²) < 4.78 is 5.60. The fourth-order valence-corrected chi connectivity index (χ4v) is 2.88. The molecule has 2 aliphatic rings. The molecule has 1 saturated carbocycles. The van der Waals surface area contributed by atoms with Crippen molar-refractivity contribution in [3.8, 4) is 0 Å². The lowest BCUT2D eigenvalue weighted by atomic mass is 10.1. The maximum atomic E-state index is 12.7. The average Bonchev–Trinajstić information content (AvgIpc) is 3.11. The SMILES string of the molecule is CC(C)(C)OC(=O)N(c1ncccc1C1CCCN1)C1CC1. The molecule has 2 heterocycles. The van der Waals surface area contributed by atoms with Gasteiger partial charge in [0, 0.05) is 23.8 Å². The number of pyridine rings is 1. The van der Waals surface area contributed by atoms with Crippen LogP contribution in [0.1, 0.15) is 58.1 Å². The molecule has 0 spiro atoms. The molecule has 1 aromatic heterocycles. The number of hydrogen-bond acceptors (Lipinski definition) is 4. The summed E-state index contributed by atoms with van der Waals surface area (Å²) in [6, 6.07) is 4.53. The molecule has 2 fully saturated rings. The molecule has 1 N–H and O–H groups in total. The van der Waals surface area contributed by atoms with Gasteiger partial charge in [-0.3, -0.25) is 4.90 Å². The third kappa shape index (κ3) is 3.40. The van der Waals surface area contributed by atoms with Gasteiger partial charge in [-0.25, -0.2) is 9.78 Å². The van der Waals surface area contributed by atoms with Gasteiger partial charge >= 0.3 is 6.09 Å². The van der Waals surface area contributed by atoms with Gasteiger partial charge in [0.25, 0.3) is 0 Å². The van der Waals surface area contributed by atoms with Crippen LogP contribution in [-0.2, 0) is 4.74 Å². The first-order valence-corrected chi connectivity index (χ1v) is 8.16. The number of ether oxygens (including phenoxy) is 1. The van der Waals surface area contributed by atoms with Gasteiger partial charge in [0.15, 0.2) is 0 Å². The molecule has 1 unspecified atom stereocenters. The summed E-state index contributed by atoms with van der Waals surface area (Å²) in [5.74, 6) is 0.763. The van der Waals surface area contributed by atoms with E-state index in [4.69, 9.17) is 4.74 Å². The van der Waals surface area contributed by atoms with Gasteiger partial charge in [-0.05, 0) is 59.1 Å². The lowest BCUT2D eigenvalue weighted by molar-refractivity contribution is 0.0576. The molecule has 22 heavy (non-hydrogen) atoms. The lowest BCUT2D eigenvalue weighted by Crippen LogP contribution is -2.39. The van der Waals surface area contributed by atoms with Crippen LogP contribution in [0.5, 0.6) is 0 Å². The van der Waals surface area contributed by atoms with Crippen LogP contribution in [0.15, 0.2) is 18.3 Å². The van der Waals surface area contributed by atoms with Gasteiger partial charge in [0.05, 0.1) is 0 Å². The molecule has 1 aliphatic carbocycles. The monoisotopic (exact) mass is 303 g/mol. The number of nitrogens with one attached hydrogen (secondary N) is 1. The number of hydrogen-bond donors (Lipinski definition) is 1. The van der Waals surface area contributed by atoms with Crippen molar-refractivity contribution in [2.24, 2.45) is 0 Å². The second-order valence-corrected chi connectivity index (χ2v) is 7.15. The second-order valence-electron chi connectivity index (χ2n) is 7.15. The van der Waals surface area contributed by atoms with Gasteiger partial charge < -0.3 is 10.1 Å². The van der Waals surface area contributed by atoms with Crippen molar-refractivity contribution in [3.63, 3.8) is 0 Å². The Morgan fingerprint density at radius 3 is 2.73 bits per heavy atom. The fraction of sp³-hybridized carbons (Fsp3) is 0.647. The van der Waals surface area contributed by atoms with Crippen LogP contribution in [0, 0.1) is 0 Å². The predicted octanol–water partition coefficient (Wildman–Crippen LogP) is 3.41. The van der Waals surface area contributed by atoms with Crippen molar-refractivity contribution >= 4 is 11.9 Å². The maximum Gasteiger partial charge on any atom is 0.416 e. The summed E-state index contributed by atoms with van der Waals surface area (Å²) in [4.78, 5) is 18.9. The van der Waals surface area contributed by atoms with Crippen molar-refractivity contribution in [2.45, 2.75) is 64.1 Å². The summed E-state index contributed by atoms with van der Waals surface area (Å²) in [7, 11) is 0. The Morgan fingerprint density at radius 1 is 1.36 bits per heavy atom. The van der Waals surface area contributed by atoms with Crippen LogP contribution in [0.3, 0.4) is 0 Å². The molecule has 1 aliphatic heterocycles. The number of carbonyl (C=O) groups is 1. The molecule has 120 valence electrons. The van der Waals surface area contributed by atoms with E-state index >= 15 is 0 Å². The smallest absolute Gasteiger partial charge is 0.416 e. The minimum absolute atomic E-state index is 0.227. The molecule has 1 aromatic rings. The Bertz CT molecular complexity index is 543. The Hall–Kier alpha value is -1.62. The summed E-state index contributed by atoms with van der Waals surface area (Å²) in [6.45, 7) is 6.71. The molecule has 0 bridgehead atoms. The highest BCUT2D eigenvalue weighted by atomic mass is 16.6. The van der Waals surface area contributed by atoms with Crippen molar-refractivity contribution in [3.05, 3.63) is 23.9 Å². The summed E-state index contributed by atoms with van der Waals surface area (Å²) >= 11 is 0. The summed E-state index contributed by atoms with van der Waals surface area (Å²) in [5, 5.41) is 3.50. The van der Waals surface area contributed by atoms with Crippen molar-refractivity contribution < 1.29 is 9.53 Å². The van der Waals surface area contributed by atoms with Gasteiger partial charge in [-0.1, -0.05) is 6.07 Å². The molecule has 3 rings (SSSR count). The highest BCUT2D eigenvalue weighted by molar-refractivity contribution is 5.89. The van der Waals surface area contributed by atoms with Crippen LogP contribution < -0.4 is 10.2 Å². The van der Waals surface area contributed by atoms with Gasteiger partial charge in [-0.2, -0.15) is 0 Å². The molecular formula is C17H25N3O2. The number of nitrogens with zero attached hydrogens (tertiary/aromatic N) is 2. The second kappa shape index (κ2) is 5.88. The van der Waals surface area contributed by atoms with Crippen molar-refractivity contribution in [1.29, 1.82) is 0 Å². The molecule has 1 atom stereocenters. The third-order valence-electron chi connectivity index (χ3n) is 3.98. The van der Waals surface area contributed by atoms with Crippen molar-refractivity contribution in [1.82, 2.24) is 10.3 Å². The Morgan fingerprint density at radius 2 is 2.14 bits per heavy atom. The van der Waals surface area contributed by atoms with E-state index in [1.54, 1.807) is 11.1 Å². The Labute approximate surface area is 132 Å². The van der Waals surface area contributed by atoms with Crippen LogP contribution in [0.4, 0.5) is 10.6 Å². The molecule has 0 aromatic carbocycles. The number of aromatic nitrogens is 1. The highest BCUT2D eigenvalue weighted by Crippen LogP contribution is 2.37. The van der Waals surface area contributed by atoms with E-state index in [0.717, 1.165) is 43.6 Å². The van der Waals surface area contributed by atoms with E-state index in [1.165, 1.54) is 0 Å². The third-order valence-corrected chi connectivity index (χ3v) is 3.98. The van der Waals surface area contributed by atoms with E-state index in [-0.39, 0.29) is 18.2 Å². The zero-order valence-corrected chi connectivity index (χ0v) is 13.6. The topological polar surface area (TPSA) is 54.5 Å². The van der Waals surface area contributed by atoms with E-state index in [2.05, 4.69) is 16.4 Å². The molecule has 5 heteroatoms. The zero-order valence-electron chi connectivity index (χ0n) is 13.6. The number of anilines is 1. The van der Waals surface area contributed by atoms with Gasteiger partial charge in [0.1, 0.15) is 11.4 Å². The summed E-state index contributed by atoms with van der Waals surface area (Å²) in [6.07, 6.45) is 5.77. The maximum absolute atomic E-state index is 12.7. The first kappa shape index (κ1) is 15.3. The number of rotatable bonds is 3.